The zero-order chi connectivity index (χ0) is 15.6. The molecular weight excluding hydrogens is 288 g/mol. The molecule has 5 heteroatoms. The number of H-pyrrole nitrogens is 1. The van der Waals surface area contributed by atoms with Crippen LogP contribution in [0, 0.1) is 5.92 Å². The molecule has 1 aliphatic carbocycles. The molecule has 3 heterocycles. The number of aromatic amines is 1. The Labute approximate surface area is 137 Å². The van der Waals surface area contributed by atoms with Gasteiger partial charge < -0.3 is 4.90 Å². The maximum absolute atomic E-state index is 12.7. The number of aromatic nitrogens is 2. The highest BCUT2D eigenvalue weighted by Crippen LogP contribution is 2.27. The van der Waals surface area contributed by atoms with E-state index in [4.69, 9.17) is 0 Å². The molecule has 0 radical (unpaired) electrons. The maximum Gasteiger partial charge on any atom is 0.275 e. The Bertz CT molecular complexity index is 592. The Kier molecular flexibility index (Phi) is 4.21. The number of carbonyl (C=O) groups excluding carboxylic acids is 1. The van der Waals surface area contributed by atoms with Gasteiger partial charge in [0.2, 0.25) is 0 Å². The van der Waals surface area contributed by atoms with Crippen LogP contribution < -0.4 is 0 Å². The van der Waals surface area contributed by atoms with Gasteiger partial charge in [0.1, 0.15) is 0 Å². The Balaban J connectivity index is 1.45. The summed E-state index contributed by atoms with van der Waals surface area (Å²) in [5.41, 5.74) is 2.96. The monoisotopic (exact) mass is 314 g/mol. The van der Waals surface area contributed by atoms with Gasteiger partial charge in [-0.05, 0) is 18.8 Å². The molecule has 0 bridgehead atoms. The highest BCUT2D eigenvalue weighted by Gasteiger charge is 2.29. The molecule has 0 unspecified atom stereocenters. The number of hydrogen-bond acceptors (Lipinski definition) is 3. The lowest BCUT2D eigenvalue weighted by molar-refractivity contribution is 0.0791. The zero-order valence-electron chi connectivity index (χ0n) is 13.8. The first-order valence-electron chi connectivity index (χ1n) is 9.04. The van der Waals surface area contributed by atoms with Crippen LogP contribution in [0.4, 0.5) is 0 Å². The summed E-state index contributed by atoms with van der Waals surface area (Å²) < 4.78 is 0. The van der Waals surface area contributed by atoms with Gasteiger partial charge >= 0.3 is 0 Å². The van der Waals surface area contributed by atoms with E-state index < -0.39 is 0 Å². The molecule has 124 valence electrons. The summed E-state index contributed by atoms with van der Waals surface area (Å²) >= 11 is 0. The van der Waals surface area contributed by atoms with Crippen LogP contribution in [0.3, 0.4) is 0 Å². The second-order valence-electron chi connectivity index (χ2n) is 7.20. The third-order valence-corrected chi connectivity index (χ3v) is 5.56. The first-order valence-corrected chi connectivity index (χ1v) is 9.04. The molecule has 0 spiro atoms. The molecule has 3 aliphatic rings. The van der Waals surface area contributed by atoms with Crippen LogP contribution in [-0.4, -0.2) is 52.1 Å². The molecular formula is C18H26N4O. The van der Waals surface area contributed by atoms with Crippen LogP contribution in [-0.2, 0) is 13.0 Å². The predicted molar refractivity (Wildman–Crippen MR) is 89.2 cm³/mol. The average molecular weight is 314 g/mol. The molecule has 1 saturated carbocycles. The fourth-order valence-corrected chi connectivity index (χ4v) is 4.21. The lowest BCUT2D eigenvalue weighted by Gasteiger charge is -2.32. The number of fused-ring (bicyclic) bond motifs is 1. The summed E-state index contributed by atoms with van der Waals surface area (Å²) in [5.74, 6) is 0.922. The van der Waals surface area contributed by atoms with Gasteiger partial charge in [0.05, 0.1) is 0 Å². The highest BCUT2D eigenvalue weighted by atomic mass is 16.2. The quantitative estimate of drug-likeness (QED) is 0.872. The smallest absolute Gasteiger partial charge is 0.275 e. The van der Waals surface area contributed by atoms with Crippen molar-refractivity contribution in [3.8, 4) is 0 Å². The molecule has 23 heavy (non-hydrogen) atoms. The molecule has 0 aromatic carbocycles. The Morgan fingerprint density at radius 2 is 2.00 bits per heavy atom. The Morgan fingerprint density at radius 3 is 2.78 bits per heavy atom. The number of amides is 1. The van der Waals surface area contributed by atoms with E-state index in [2.05, 4.69) is 15.1 Å². The zero-order valence-corrected chi connectivity index (χ0v) is 13.8. The largest absolute Gasteiger partial charge is 0.330 e. The molecule has 4 rings (SSSR count). The van der Waals surface area contributed by atoms with Crippen LogP contribution >= 0.6 is 0 Å². The van der Waals surface area contributed by atoms with Crippen molar-refractivity contribution in [3.63, 3.8) is 0 Å². The Morgan fingerprint density at radius 1 is 1.22 bits per heavy atom. The van der Waals surface area contributed by atoms with Gasteiger partial charge in [-0.1, -0.05) is 31.4 Å². The molecule has 2 aliphatic heterocycles. The first kappa shape index (κ1) is 14.9. The van der Waals surface area contributed by atoms with Gasteiger partial charge in [-0.3, -0.25) is 14.8 Å². The molecule has 1 amide bonds. The van der Waals surface area contributed by atoms with E-state index in [-0.39, 0.29) is 5.91 Å². The van der Waals surface area contributed by atoms with Crippen LogP contribution in [0.2, 0.25) is 0 Å². The van der Waals surface area contributed by atoms with E-state index in [1.807, 2.05) is 17.1 Å². The third kappa shape index (κ3) is 3.07. The summed E-state index contributed by atoms with van der Waals surface area (Å²) in [7, 11) is 0. The standard InChI is InChI=1S/C18H26N4O/c23-18(22-9-4-5-10-22)17-15-13-21(11-8-16(15)19-20-17)12-14-6-2-1-3-7-14/h4-5,14H,1-3,6-13H2,(H,19,20). The molecule has 5 nitrogen and oxygen atoms in total. The van der Waals surface area contributed by atoms with Crippen molar-refractivity contribution in [2.45, 2.75) is 45.1 Å². The summed E-state index contributed by atoms with van der Waals surface area (Å²) in [6.45, 7) is 4.58. The minimum absolute atomic E-state index is 0.0759. The number of carbonyl (C=O) groups is 1. The van der Waals surface area contributed by atoms with Crippen molar-refractivity contribution in [1.29, 1.82) is 0 Å². The summed E-state index contributed by atoms with van der Waals surface area (Å²) in [5, 5.41) is 7.46. The van der Waals surface area contributed by atoms with Gasteiger partial charge in [-0.25, -0.2) is 0 Å². The van der Waals surface area contributed by atoms with Crippen molar-refractivity contribution in [3.05, 3.63) is 29.1 Å². The van der Waals surface area contributed by atoms with E-state index in [0.29, 0.717) is 18.8 Å². The minimum atomic E-state index is 0.0759. The van der Waals surface area contributed by atoms with Crippen LogP contribution in [0.25, 0.3) is 0 Å². The first-order chi connectivity index (χ1) is 11.3. The van der Waals surface area contributed by atoms with E-state index in [1.54, 1.807) is 0 Å². The molecule has 1 aromatic rings. The van der Waals surface area contributed by atoms with Crippen molar-refractivity contribution >= 4 is 5.91 Å². The van der Waals surface area contributed by atoms with Crippen molar-refractivity contribution in [2.75, 3.05) is 26.2 Å². The number of nitrogens with zero attached hydrogens (tertiary/aromatic N) is 3. The van der Waals surface area contributed by atoms with E-state index in [0.717, 1.165) is 31.0 Å². The van der Waals surface area contributed by atoms with E-state index in [1.165, 1.54) is 44.3 Å². The lowest BCUT2D eigenvalue weighted by atomic mass is 9.88. The van der Waals surface area contributed by atoms with Gasteiger partial charge in [-0.2, -0.15) is 5.10 Å². The fourth-order valence-electron chi connectivity index (χ4n) is 4.21. The number of hydrogen-bond donors (Lipinski definition) is 1. The predicted octanol–water partition coefficient (Wildman–Crippen LogP) is 2.36. The van der Waals surface area contributed by atoms with Crippen molar-refractivity contribution in [2.24, 2.45) is 5.92 Å². The second kappa shape index (κ2) is 6.48. The summed E-state index contributed by atoms with van der Waals surface area (Å²) in [4.78, 5) is 17.1. The average Bonchev–Trinajstić information content (AvgIpc) is 3.25. The molecule has 1 fully saturated rings. The SMILES string of the molecule is O=C(c1n[nH]c2c1CN(CC1CCCCC1)CC2)N1CC=CC1. The number of nitrogens with one attached hydrogen (secondary N) is 1. The highest BCUT2D eigenvalue weighted by molar-refractivity contribution is 5.94. The van der Waals surface area contributed by atoms with Crippen LogP contribution in [0.15, 0.2) is 12.2 Å². The van der Waals surface area contributed by atoms with Crippen LogP contribution in [0.1, 0.15) is 53.8 Å². The van der Waals surface area contributed by atoms with Crippen molar-refractivity contribution < 1.29 is 4.79 Å². The Hall–Kier alpha value is -1.62. The minimum Gasteiger partial charge on any atom is -0.330 e. The van der Waals surface area contributed by atoms with Gasteiger partial charge in [-0.15, -0.1) is 0 Å². The fraction of sp³-hybridized carbons (Fsp3) is 0.667. The molecule has 0 saturated heterocycles. The van der Waals surface area contributed by atoms with Gasteiger partial charge in [0.25, 0.3) is 5.91 Å². The maximum atomic E-state index is 12.7. The second-order valence-corrected chi connectivity index (χ2v) is 7.20. The van der Waals surface area contributed by atoms with E-state index >= 15 is 0 Å². The van der Waals surface area contributed by atoms with Crippen molar-refractivity contribution in [1.82, 2.24) is 20.0 Å². The summed E-state index contributed by atoms with van der Waals surface area (Å²) in [6.07, 6.45) is 12.0. The number of rotatable bonds is 3. The molecule has 1 N–H and O–H groups in total. The normalized spacial score (nSPS) is 22.5. The van der Waals surface area contributed by atoms with Gasteiger partial charge in [0, 0.05) is 50.4 Å². The topological polar surface area (TPSA) is 52.2 Å². The van der Waals surface area contributed by atoms with Crippen LogP contribution in [0.5, 0.6) is 0 Å². The summed E-state index contributed by atoms with van der Waals surface area (Å²) in [6, 6.07) is 0. The third-order valence-electron chi connectivity index (χ3n) is 5.56. The lowest BCUT2D eigenvalue weighted by Crippen LogP contribution is -2.36. The van der Waals surface area contributed by atoms with Gasteiger partial charge in [0.15, 0.2) is 5.69 Å². The molecule has 0 atom stereocenters. The van der Waals surface area contributed by atoms with E-state index in [9.17, 15) is 4.79 Å². The molecule has 1 aromatic heterocycles.